The van der Waals surface area contributed by atoms with E-state index in [1.165, 1.54) is 0 Å². The third-order valence-electron chi connectivity index (χ3n) is 4.01. The van der Waals surface area contributed by atoms with Gasteiger partial charge in [-0.3, -0.25) is 0 Å². The predicted octanol–water partition coefficient (Wildman–Crippen LogP) is 0.615. The smallest absolute Gasteiger partial charge is 0.153 e. The Kier molecular flexibility index (Phi) is 3.34. The summed E-state index contributed by atoms with van der Waals surface area (Å²) in [6.07, 6.45) is 4.61. The molecule has 1 aromatic rings. The minimum atomic E-state index is -2.99. The van der Waals surface area contributed by atoms with E-state index in [9.17, 15) is 13.5 Å². The van der Waals surface area contributed by atoms with E-state index < -0.39 is 16.1 Å². The van der Waals surface area contributed by atoms with Crippen molar-refractivity contribution in [3.63, 3.8) is 0 Å². The fourth-order valence-corrected chi connectivity index (χ4v) is 4.79. The molecule has 0 amide bonds. The monoisotopic (exact) mass is 285 g/mol. The van der Waals surface area contributed by atoms with Crippen molar-refractivity contribution < 1.29 is 13.5 Å². The lowest BCUT2D eigenvalue weighted by molar-refractivity contribution is 0.0643. The van der Waals surface area contributed by atoms with Crippen molar-refractivity contribution in [3.8, 4) is 0 Å². The van der Waals surface area contributed by atoms with Gasteiger partial charge in [0.1, 0.15) is 12.1 Å². The molecule has 0 radical (unpaired) electrons. The van der Waals surface area contributed by atoms with Crippen LogP contribution in [0.3, 0.4) is 0 Å². The van der Waals surface area contributed by atoms with Crippen LogP contribution in [0.2, 0.25) is 0 Å². The lowest BCUT2D eigenvalue weighted by Crippen LogP contribution is -2.30. The maximum Gasteiger partial charge on any atom is 0.153 e. The van der Waals surface area contributed by atoms with Gasteiger partial charge in [0.15, 0.2) is 15.7 Å². The Balaban J connectivity index is 1.80. The van der Waals surface area contributed by atoms with Crippen LogP contribution >= 0.6 is 0 Å². The van der Waals surface area contributed by atoms with Gasteiger partial charge in [0.25, 0.3) is 0 Å². The van der Waals surface area contributed by atoms with Crippen LogP contribution in [0.4, 0.5) is 0 Å². The topological polar surface area (TPSA) is 85.1 Å². The second-order valence-corrected chi connectivity index (χ2v) is 7.85. The molecule has 2 aliphatic rings. The molecule has 3 heterocycles. The molecule has 7 heteroatoms. The molecule has 0 aliphatic carbocycles. The number of hydrogen-bond donors (Lipinski definition) is 1. The van der Waals surface area contributed by atoms with E-state index in [0.717, 1.165) is 31.5 Å². The van der Waals surface area contributed by atoms with E-state index in [4.69, 9.17) is 0 Å². The second kappa shape index (κ2) is 4.86. The summed E-state index contributed by atoms with van der Waals surface area (Å²) in [5.74, 6) is 1.63. The van der Waals surface area contributed by atoms with Crippen molar-refractivity contribution in [2.75, 3.05) is 5.75 Å². The van der Waals surface area contributed by atoms with Crippen molar-refractivity contribution >= 4 is 9.84 Å². The molecule has 0 spiro atoms. The third kappa shape index (κ3) is 2.53. The average molecular weight is 285 g/mol. The number of nitrogens with zero attached hydrogens (tertiary/aromatic N) is 3. The highest BCUT2D eigenvalue weighted by atomic mass is 32.2. The average Bonchev–Trinajstić information content (AvgIpc) is 2.76. The maximum atomic E-state index is 12.0. The van der Waals surface area contributed by atoms with Crippen LogP contribution < -0.4 is 0 Å². The number of sulfone groups is 1. The molecule has 2 atom stereocenters. The van der Waals surface area contributed by atoms with Crippen LogP contribution in [0.5, 0.6) is 0 Å². The van der Waals surface area contributed by atoms with Crippen LogP contribution in [0, 0.1) is 0 Å². The number of fused-ring (bicyclic) bond motifs is 1. The Bertz CT molecular complexity index is 567. The Labute approximate surface area is 112 Å². The largest absolute Gasteiger partial charge is 0.372 e. The van der Waals surface area contributed by atoms with E-state index in [-0.39, 0.29) is 11.0 Å². The Morgan fingerprint density at radius 2 is 2.11 bits per heavy atom. The molecule has 1 aromatic heterocycles. The standard InChI is InChI=1S/C12H19N3O3S/c16-12-6-3-5-11-13-10(14-15(11)12)8-9-4-1-2-7-19(9,17)18/h9,12,16H,1-8H2. The summed E-state index contributed by atoms with van der Waals surface area (Å²) in [6, 6.07) is 0. The molecule has 0 aromatic carbocycles. The molecular weight excluding hydrogens is 266 g/mol. The first-order valence-corrected chi connectivity index (χ1v) is 8.62. The van der Waals surface area contributed by atoms with Crippen LogP contribution in [0.25, 0.3) is 0 Å². The van der Waals surface area contributed by atoms with Crippen LogP contribution in [-0.4, -0.2) is 39.3 Å². The van der Waals surface area contributed by atoms with Crippen LogP contribution in [0.1, 0.15) is 50.0 Å². The van der Waals surface area contributed by atoms with E-state index in [1.807, 2.05) is 0 Å². The molecule has 6 nitrogen and oxygen atoms in total. The number of aryl methyl sites for hydroxylation is 1. The summed E-state index contributed by atoms with van der Waals surface area (Å²) in [5.41, 5.74) is 0. The minimum absolute atomic E-state index is 0.286. The normalized spacial score (nSPS) is 29.9. The molecule has 1 fully saturated rings. The zero-order valence-corrected chi connectivity index (χ0v) is 11.6. The SMILES string of the molecule is O=S1(=O)CCCCC1Cc1nc2n(n1)C(O)CCC2. The van der Waals surface area contributed by atoms with Gasteiger partial charge in [0.2, 0.25) is 0 Å². The van der Waals surface area contributed by atoms with Crippen molar-refractivity contribution in [2.45, 2.75) is 56.4 Å². The number of hydrogen-bond acceptors (Lipinski definition) is 5. The van der Waals surface area contributed by atoms with Crippen molar-refractivity contribution in [2.24, 2.45) is 0 Å². The Morgan fingerprint density at radius 3 is 2.84 bits per heavy atom. The van der Waals surface area contributed by atoms with Gasteiger partial charge in [-0.05, 0) is 25.7 Å². The van der Waals surface area contributed by atoms with Gasteiger partial charge in [0.05, 0.1) is 11.0 Å². The lowest BCUT2D eigenvalue weighted by atomic mass is 10.1. The molecule has 19 heavy (non-hydrogen) atoms. The van der Waals surface area contributed by atoms with Gasteiger partial charge in [-0.15, -0.1) is 0 Å². The molecule has 3 rings (SSSR count). The van der Waals surface area contributed by atoms with Crippen LogP contribution in [0.15, 0.2) is 0 Å². The summed E-state index contributed by atoms with van der Waals surface area (Å²) in [6.45, 7) is 0. The van der Waals surface area contributed by atoms with Gasteiger partial charge in [0, 0.05) is 12.8 Å². The summed E-state index contributed by atoms with van der Waals surface area (Å²) in [5, 5.41) is 13.8. The maximum absolute atomic E-state index is 12.0. The van der Waals surface area contributed by atoms with Crippen molar-refractivity contribution in [3.05, 3.63) is 11.6 Å². The summed E-state index contributed by atoms with van der Waals surface area (Å²) in [4.78, 5) is 4.39. The predicted molar refractivity (Wildman–Crippen MR) is 69.3 cm³/mol. The van der Waals surface area contributed by atoms with Gasteiger partial charge in [-0.1, -0.05) is 6.42 Å². The molecule has 0 saturated carbocycles. The number of aliphatic hydroxyl groups is 1. The number of aromatic nitrogens is 3. The van der Waals surface area contributed by atoms with E-state index in [1.54, 1.807) is 4.68 Å². The quantitative estimate of drug-likeness (QED) is 0.860. The zero-order valence-electron chi connectivity index (χ0n) is 10.8. The molecular formula is C12H19N3O3S. The second-order valence-electron chi connectivity index (χ2n) is 5.45. The van der Waals surface area contributed by atoms with E-state index >= 15 is 0 Å². The molecule has 1 saturated heterocycles. The first kappa shape index (κ1) is 13.1. The highest BCUT2D eigenvalue weighted by Crippen LogP contribution is 2.24. The molecule has 2 aliphatic heterocycles. The van der Waals surface area contributed by atoms with E-state index in [2.05, 4.69) is 10.1 Å². The van der Waals surface area contributed by atoms with Crippen molar-refractivity contribution in [1.82, 2.24) is 14.8 Å². The number of rotatable bonds is 2. The van der Waals surface area contributed by atoms with Crippen molar-refractivity contribution in [1.29, 1.82) is 0 Å². The fourth-order valence-electron chi connectivity index (χ4n) is 2.92. The lowest BCUT2D eigenvalue weighted by Gasteiger charge is -2.20. The molecule has 106 valence electrons. The third-order valence-corrected chi connectivity index (χ3v) is 6.29. The molecule has 0 bridgehead atoms. The molecule has 1 N–H and O–H groups in total. The van der Waals surface area contributed by atoms with Crippen LogP contribution in [-0.2, 0) is 22.7 Å². The fraction of sp³-hybridized carbons (Fsp3) is 0.833. The Morgan fingerprint density at radius 1 is 1.26 bits per heavy atom. The highest BCUT2D eigenvalue weighted by molar-refractivity contribution is 7.92. The Hall–Kier alpha value is -0.950. The first-order valence-electron chi connectivity index (χ1n) is 6.90. The van der Waals surface area contributed by atoms with Gasteiger partial charge in [-0.2, -0.15) is 5.10 Å². The zero-order chi connectivity index (χ0) is 13.5. The number of aliphatic hydroxyl groups excluding tert-OH is 1. The highest BCUT2D eigenvalue weighted by Gasteiger charge is 2.31. The van der Waals surface area contributed by atoms with Gasteiger partial charge < -0.3 is 5.11 Å². The summed E-state index contributed by atoms with van der Waals surface area (Å²) < 4.78 is 25.5. The van der Waals surface area contributed by atoms with Gasteiger partial charge >= 0.3 is 0 Å². The molecule has 2 unspecified atom stereocenters. The minimum Gasteiger partial charge on any atom is -0.372 e. The van der Waals surface area contributed by atoms with E-state index in [0.29, 0.717) is 25.1 Å². The van der Waals surface area contributed by atoms with Gasteiger partial charge in [-0.25, -0.2) is 18.1 Å². The summed E-state index contributed by atoms with van der Waals surface area (Å²) in [7, 11) is -2.99. The first-order chi connectivity index (χ1) is 9.06. The summed E-state index contributed by atoms with van der Waals surface area (Å²) >= 11 is 0.